The van der Waals surface area contributed by atoms with E-state index < -0.39 is 0 Å². The van der Waals surface area contributed by atoms with E-state index in [0.717, 1.165) is 113 Å². The van der Waals surface area contributed by atoms with Crippen LogP contribution in [0.2, 0.25) is 0 Å². The Labute approximate surface area is 781 Å². The number of hydrogen-bond acceptors (Lipinski definition) is 16. The molecule has 24 heteroatoms. The van der Waals surface area contributed by atoms with Gasteiger partial charge >= 0.3 is 290 Å². The van der Waals surface area contributed by atoms with Crippen molar-refractivity contribution in [2.45, 2.75) is 166 Å². The molecule has 0 amide bonds. The molecule has 24 heterocycles. The first kappa shape index (κ1) is 92.6. The summed E-state index contributed by atoms with van der Waals surface area (Å²) in [5, 5.41) is 14.8. The second-order valence-electron chi connectivity index (χ2n) is 29.3. The molecule has 24 aromatic rings. The molecule has 624 valence electrons. The second-order valence-corrected chi connectivity index (χ2v) is 59.4. The molecule has 8 nitrogen and oxygen atoms in total. The number of aryl methyl sites for hydroxylation is 24. The van der Waals surface area contributed by atoms with Crippen molar-refractivity contribution in [2.24, 2.45) is 0 Å². The van der Waals surface area contributed by atoms with Gasteiger partial charge in [0.2, 0.25) is 0 Å². The van der Waals surface area contributed by atoms with Crippen molar-refractivity contribution in [1.82, 2.24) is 0 Å². The first-order chi connectivity index (χ1) is 57.3. The van der Waals surface area contributed by atoms with E-state index in [0.29, 0.717) is 92.8 Å². The van der Waals surface area contributed by atoms with E-state index in [1.54, 1.807) is 91.7 Å². The van der Waals surface area contributed by atoms with Gasteiger partial charge in [-0.25, -0.2) is 0 Å². The van der Waals surface area contributed by atoms with Gasteiger partial charge in [-0.2, -0.15) is 0 Å². The predicted molar refractivity (Wildman–Crippen MR) is 538 cm³/mol. The molecule has 0 N–H and O–H groups in total. The maximum absolute atomic E-state index is 5.31. The maximum Gasteiger partial charge on any atom is 0.297 e. The summed E-state index contributed by atoms with van der Waals surface area (Å²) in [6.45, 7) is 50.8. The Hall–Kier alpha value is -5.04. The van der Waals surface area contributed by atoms with Gasteiger partial charge in [0.25, 0.3) is 5.78 Å². The SMILES string of the molecule is Cc1[se]c(C)c2[se]ccc12.Cc1c[se]c2c(C)c[se]c12.Cc1cc2[se]c(C)cc2[se]1.Cc1cc2cc(C)[se]c2[se]1.Cc1cc2cc(C)oc2o1.Cc1cc2cc(C)sc2s1.Cc1cc2oc(C)cc2o1.Cc1cc2sc(C)cc2s1.Cc1coc2c(C)coc12.Cc1csc2c(C)csc12.Cc1oc(C)c2occc12.Cc1sc(C)c2sccc12. The zero-order valence-electron chi connectivity index (χ0n) is 71.7. The van der Waals surface area contributed by atoms with Crippen LogP contribution in [0.4, 0.5) is 0 Å². The Bertz CT molecular complexity index is 5920. The summed E-state index contributed by atoms with van der Waals surface area (Å²) in [6.07, 6.45) is 5.10. The van der Waals surface area contributed by atoms with Crippen LogP contribution in [-0.2, 0) is 0 Å². The van der Waals surface area contributed by atoms with Crippen LogP contribution in [-0.4, -0.2) is 116 Å². The number of rotatable bonds is 0. The zero-order chi connectivity index (χ0) is 85.7. The quantitative estimate of drug-likeness (QED) is 0.138. The van der Waals surface area contributed by atoms with Gasteiger partial charge in [-0.3, -0.25) is 0 Å². The van der Waals surface area contributed by atoms with Gasteiger partial charge in [-0.05, 0) is 187 Å². The number of fused-ring (bicyclic) bond motifs is 12. The predicted octanol–water partition coefficient (Wildman–Crippen LogP) is 31.2. The molecule has 0 spiro atoms. The van der Waals surface area contributed by atoms with Gasteiger partial charge in [-0.1, -0.05) is 0 Å². The topological polar surface area (TPSA) is 105 Å². The molecule has 0 fully saturated rings. The van der Waals surface area contributed by atoms with E-state index in [9.17, 15) is 0 Å². The normalized spacial score (nSPS) is 11.0. The van der Waals surface area contributed by atoms with Crippen molar-refractivity contribution < 1.29 is 35.3 Å². The van der Waals surface area contributed by atoms with Crippen LogP contribution in [0.1, 0.15) is 124 Å². The van der Waals surface area contributed by atoms with Gasteiger partial charge in [0, 0.05) is 86.8 Å². The first-order valence-corrected chi connectivity index (χ1v) is 59.4. The van der Waals surface area contributed by atoms with Crippen LogP contribution in [0.3, 0.4) is 0 Å². The minimum absolute atomic E-state index is 0.634. The summed E-state index contributed by atoms with van der Waals surface area (Å²) in [7, 11) is 0. The van der Waals surface area contributed by atoms with E-state index in [4.69, 9.17) is 35.3 Å². The third-order valence-electron chi connectivity index (χ3n) is 18.6. The summed E-state index contributed by atoms with van der Waals surface area (Å²) in [5.41, 5.74) is 12.4. The molecule has 0 saturated carbocycles. The van der Waals surface area contributed by atoms with E-state index in [-0.39, 0.29) is 0 Å². The van der Waals surface area contributed by atoms with Crippen molar-refractivity contribution in [3.8, 4) is 0 Å². The van der Waals surface area contributed by atoms with Gasteiger partial charge in [0.15, 0.2) is 27.9 Å². The average Bonchev–Trinajstić information content (AvgIpc) is 1.65. The fourth-order valence-electron chi connectivity index (χ4n) is 13.2. The Morgan fingerprint density at radius 1 is 0.325 bits per heavy atom. The molecule has 0 bridgehead atoms. The zero-order valence-corrected chi connectivity index (χ0v) is 91.9. The molecular weight excluding hydrogens is 2170 g/mol. The summed E-state index contributed by atoms with van der Waals surface area (Å²) in [5.74, 6) is 6.01. The third-order valence-corrected chi connectivity index (χ3v) is 48.9. The monoisotopic (exact) mass is 2270 g/mol. The Balaban J connectivity index is 0.000000113. The summed E-state index contributed by atoms with van der Waals surface area (Å²) >= 11 is 20.6. The van der Waals surface area contributed by atoms with Crippen LogP contribution in [0.25, 0.3) is 118 Å². The Morgan fingerprint density at radius 3 is 1.30 bits per heavy atom. The molecule has 0 aliphatic rings. The minimum atomic E-state index is 0.634. The molecular formula is C96H96O8S8Se8. The fourth-order valence-corrected chi connectivity index (χ4v) is 44.9. The fraction of sp³-hybridized carbons (Fsp3) is 0.250. The number of hydrogen-bond donors (Lipinski definition) is 0. The van der Waals surface area contributed by atoms with E-state index in [1.165, 1.54) is 78.7 Å². The largest absolute Gasteiger partial charge is 0.462 e. The van der Waals surface area contributed by atoms with Crippen molar-refractivity contribution in [3.63, 3.8) is 0 Å². The molecule has 0 saturated heterocycles. The van der Waals surface area contributed by atoms with Crippen LogP contribution in [0.15, 0.2) is 176 Å². The van der Waals surface area contributed by atoms with Gasteiger partial charge < -0.3 is 35.3 Å². The standard InChI is InChI=1S/4C8H8O2.4C8H8S2.4C8H8Se2/c1-5-3-9-8-6(2)4-10-7(5)8;1-5-3-7-8(9-5)4-6(2)10-7;1-5-3-7-4-6(2)10-8(7)9-5;1-5-7-3-4-9-8(7)6(2)10-5;1-5-3-9-8-6(2)4-10-7(5)8;1-5-3-7-8(9-5)4-6(2)10-7;1-5-3-7-4-6(2)10-8(7)9-5;1-5-7-3-4-9-8(7)6(2)10-5;1-5-3-9-8-6(2)4-10-7(5)8;1-5-3-7-8(9-5)4-6(2)10-7;1-5-3-7-4-6(2)10-8(7)9-5;1-5-7-3-4-9-8(7)6(2)10-5/h12*3-4H,1-2H3. The average molecular weight is 2270 g/mol. The smallest absolute Gasteiger partial charge is 0.297 e. The number of furan rings is 8. The third kappa shape index (κ3) is 23.2. The van der Waals surface area contributed by atoms with Crippen LogP contribution < -0.4 is 0 Å². The van der Waals surface area contributed by atoms with Crippen molar-refractivity contribution in [3.05, 3.63) is 265 Å². The van der Waals surface area contributed by atoms with Crippen molar-refractivity contribution >= 4 is 325 Å². The van der Waals surface area contributed by atoms with Gasteiger partial charge in [0.05, 0.1) is 33.6 Å². The molecule has 0 radical (unpaired) electrons. The van der Waals surface area contributed by atoms with Crippen molar-refractivity contribution in [1.29, 1.82) is 0 Å². The van der Waals surface area contributed by atoms with E-state index in [1.807, 2.05) is 176 Å². The Morgan fingerprint density at radius 2 is 0.825 bits per heavy atom. The van der Waals surface area contributed by atoms with E-state index >= 15 is 0 Å². The van der Waals surface area contributed by atoms with Crippen molar-refractivity contribution in [2.75, 3.05) is 0 Å². The molecule has 24 aromatic heterocycles. The van der Waals surface area contributed by atoms with Crippen LogP contribution in [0.5, 0.6) is 0 Å². The summed E-state index contributed by atoms with van der Waals surface area (Å²) in [4.78, 5) is 15.7. The molecule has 0 aromatic carbocycles. The van der Waals surface area contributed by atoms with Gasteiger partial charge in [0.1, 0.15) is 34.6 Å². The first-order valence-electron chi connectivity index (χ1n) is 38.6. The second kappa shape index (κ2) is 41.6. The molecule has 24 rings (SSSR count). The molecule has 0 aliphatic heterocycles. The summed E-state index contributed by atoms with van der Waals surface area (Å²) < 4.78 is 70.6. The van der Waals surface area contributed by atoms with Crippen LogP contribution in [0, 0.1) is 166 Å². The minimum Gasteiger partial charge on any atom is -0.462 e. The Kier molecular flexibility index (Phi) is 32.1. The molecule has 0 unspecified atom stereocenters. The maximum atomic E-state index is 5.31. The summed E-state index contributed by atoms with van der Waals surface area (Å²) in [6, 6.07) is 32.7. The molecule has 0 aliphatic carbocycles. The van der Waals surface area contributed by atoms with Crippen LogP contribution >= 0.6 is 90.7 Å². The molecule has 120 heavy (non-hydrogen) atoms. The molecule has 0 atom stereocenters. The number of thiophene rings is 8. The van der Waals surface area contributed by atoms with Gasteiger partial charge in [-0.15, -0.1) is 90.7 Å². The van der Waals surface area contributed by atoms with E-state index in [2.05, 4.69) is 202 Å².